The van der Waals surface area contributed by atoms with E-state index in [1.54, 1.807) is 5.38 Å². The van der Waals surface area contributed by atoms with E-state index >= 15 is 0 Å². The van der Waals surface area contributed by atoms with Gasteiger partial charge in [-0.25, -0.2) is 9.78 Å². The van der Waals surface area contributed by atoms with E-state index in [9.17, 15) is 9.90 Å². The number of thiazole rings is 1. The van der Waals surface area contributed by atoms with Crippen LogP contribution in [0.15, 0.2) is 29.6 Å². The molecule has 0 radical (unpaired) electrons. The second-order valence-corrected chi connectivity index (χ2v) is 8.26. The Morgan fingerprint density at radius 1 is 1.41 bits per heavy atom. The number of aryl methyl sites for hydroxylation is 1. The number of aliphatic hydroxyl groups is 1. The van der Waals surface area contributed by atoms with Crippen LogP contribution in [0.5, 0.6) is 5.75 Å². The highest BCUT2D eigenvalue weighted by atomic mass is 32.1. The lowest BCUT2D eigenvalue weighted by atomic mass is 9.87. The molecule has 27 heavy (non-hydrogen) atoms. The lowest BCUT2D eigenvalue weighted by Gasteiger charge is -2.33. The Labute approximate surface area is 161 Å². The highest BCUT2D eigenvalue weighted by Gasteiger charge is 2.47. The minimum atomic E-state index is -1.02. The van der Waals surface area contributed by atoms with Crippen LogP contribution >= 0.6 is 11.3 Å². The van der Waals surface area contributed by atoms with Gasteiger partial charge in [-0.1, -0.05) is 12.1 Å². The number of hydrogen-bond donors (Lipinski definition) is 2. The van der Waals surface area contributed by atoms with Gasteiger partial charge >= 0.3 is 5.97 Å². The number of carbonyl (C=O) groups is 1. The van der Waals surface area contributed by atoms with Crippen molar-refractivity contribution in [1.29, 1.82) is 0 Å². The van der Waals surface area contributed by atoms with Crippen LogP contribution in [0.1, 0.15) is 46.4 Å². The normalized spacial score (nSPS) is 30.1. The van der Waals surface area contributed by atoms with Gasteiger partial charge in [-0.05, 0) is 43.4 Å². The quantitative estimate of drug-likeness (QED) is 0.814. The molecular weight excluding hydrogens is 366 g/mol. The smallest absolute Gasteiger partial charge is 0.355 e. The monoisotopic (exact) mass is 389 g/mol. The molecule has 5 atom stereocenters. The molecule has 1 aliphatic heterocycles. The molecule has 1 aromatic heterocycles. The lowest BCUT2D eigenvalue weighted by Crippen LogP contribution is -2.33. The first-order valence-corrected chi connectivity index (χ1v) is 10.1. The molecule has 2 aliphatic rings. The van der Waals surface area contributed by atoms with Gasteiger partial charge in [0.05, 0.1) is 18.8 Å². The van der Waals surface area contributed by atoms with Gasteiger partial charge in [-0.15, -0.1) is 11.3 Å². The first-order chi connectivity index (χ1) is 13.0. The maximum Gasteiger partial charge on any atom is 0.355 e. The summed E-state index contributed by atoms with van der Waals surface area (Å²) in [5, 5.41) is 21.8. The Bertz CT molecular complexity index is 822. The zero-order chi connectivity index (χ0) is 19.0. The molecule has 6 nitrogen and oxygen atoms in total. The van der Waals surface area contributed by atoms with Crippen LogP contribution < -0.4 is 4.74 Å². The van der Waals surface area contributed by atoms with Crippen LogP contribution in [-0.4, -0.2) is 40.0 Å². The summed E-state index contributed by atoms with van der Waals surface area (Å²) in [6.45, 7) is 2.50. The highest BCUT2D eigenvalue weighted by molar-refractivity contribution is 7.09. The summed E-state index contributed by atoms with van der Waals surface area (Å²) in [5.41, 5.74) is 1.21. The van der Waals surface area contributed by atoms with E-state index in [0.29, 0.717) is 18.0 Å². The Hall–Kier alpha value is -1.96. The van der Waals surface area contributed by atoms with Crippen LogP contribution in [0.2, 0.25) is 0 Å². The number of carboxylic acids is 1. The van der Waals surface area contributed by atoms with E-state index in [1.165, 1.54) is 11.3 Å². The standard InChI is InChI=1S/C20H23NO5S/c1-11-3-2-4-12(7-11)25-9-14-13-5-6-17(26-18(13)8-16(14)22)19-21-15(10-27-19)20(23)24/h2-4,7,10,13-14,16-18,22H,5-6,8-9H2,1H3,(H,23,24). The highest BCUT2D eigenvalue weighted by Crippen LogP contribution is 2.46. The maximum absolute atomic E-state index is 11.0. The van der Waals surface area contributed by atoms with Crippen molar-refractivity contribution in [2.24, 2.45) is 11.8 Å². The molecule has 0 amide bonds. The van der Waals surface area contributed by atoms with Crippen molar-refractivity contribution in [2.45, 2.75) is 44.5 Å². The Morgan fingerprint density at radius 2 is 2.26 bits per heavy atom. The second kappa shape index (κ2) is 7.58. The maximum atomic E-state index is 11.0. The molecule has 2 N–H and O–H groups in total. The molecule has 7 heteroatoms. The fourth-order valence-corrected chi connectivity index (χ4v) is 5.04. The number of nitrogens with zero attached hydrogens (tertiary/aromatic N) is 1. The van der Waals surface area contributed by atoms with Gasteiger partial charge < -0.3 is 19.7 Å². The summed E-state index contributed by atoms with van der Waals surface area (Å²) in [5.74, 6) is 0.0994. The first-order valence-electron chi connectivity index (χ1n) is 9.23. The van der Waals surface area contributed by atoms with E-state index in [1.807, 2.05) is 31.2 Å². The molecule has 1 saturated heterocycles. The van der Waals surface area contributed by atoms with Crippen molar-refractivity contribution in [3.8, 4) is 5.75 Å². The summed E-state index contributed by atoms with van der Waals surface area (Å²) in [4.78, 5) is 15.2. The minimum absolute atomic E-state index is 0.0398. The van der Waals surface area contributed by atoms with Gasteiger partial charge in [0.2, 0.25) is 0 Å². The van der Waals surface area contributed by atoms with Gasteiger partial charge in [-0.2, -0.15) is 0 Å². The van der Waals surface area contributed by atoms with Gasteiger partial charge in [-0.3, -0.25) is 0 Å². The van der Waals surface area contributed by atoms with E-state index < -0.39 is 12.1 Å². The van der Waals surface area contributed by atoms with Crippen LogP contribution in [0.25, 0.3) is 0 Å². The summed E-state index contributed by atoms with van der Waals surface area (Å²) >= 11 is 1.32. The molecule has 1 aromatic carbocycles. The predicted molar refractivity (Wildman–Crippen MR) is 100 cm³/mol. The third-order valence-corrected chi connectivity index (χ3v) is 6.48. The molecule has 144 valence electrons. The van der Waals surface area contributed by atoms with Crippen molar-refractivity contribution in [2.75, 3.05) is 6.61 Å². The number of carboxylic acid groups (broad SMARTS) is 1. The van der Waals surface area contributed by atoms with Crippen LogP contribution in [-0.2, 0) is 4.74 Å². The third-order valence-electron chi connectivity index (χ3n) is 5.55. The summed E-state index contributed by atoms with van der Waals surface area (Å²) < 4.78 is 12.1. The topological polar surface area (TPSA) is 88.9 Å². The molecule has 2 fully saturated rings. The van der Waals surface area contributed by atoms with E-state index in [4.69, 9.17) is 14.6 Å². The van der Waals surface area contributed by atoms with Crippen molar-refractivity contribution >= 4 is 17.3 Å². The molecule has 2 aromatic rings. The average molecular weight is 389 g/mol. The number of rotatable bonds is 5. The van der Waals surface area contributed by atoms with Crippen LogP contribution in [0.3, 0.4) is 0 Å². The largest absolute Gasteiger partial charge is 0.493 e. The molecule has 5 unspecified atom stereocenters. The number of hydrogen-bond acceptors (Lipinski definition) is 6. The zero-order valence-electron chi connectivity index (χ0n) is 15.1. The zero-order valence-corrected chi connectivity index (χ0v) is 15.9. The van der Waals surface area contributed by atoms with E-state index in [0.717, 1.165) is 24.2 Å². The fourth-order valence-electron chi connectivity index (χ4n) is 4.18. The van der Waals surface area contributed by atoms with Crippen molar-refractivity contribution < 1.29 is 24.5 Å². The van der Waals surface area contributed by atoms with Gasteiger partial charge in [0.15, 0.2) is 5.69 Å². The summed E-state index contributed by atoms with van der Waals surface area (Å²) in [6, 6.07) is 7.92. The Kier molecular flexibility index (Phi) is 5.16. The average Bonchev–Trinajstić information content (AvgIpc) is 3.24. The fraction of sp³-hybridized carbons (Fsp3) is 0.500. The van der Waals surface area contributed by atoms with Crippen molar-refractivity contribution in [3.05, 3.63) is 45.9 Å². The molecule has 0 spiro atoms. The predicted octanol–water partition coefficient (Wildman–Crippen LogP) is 3.45. The molecule has 2 heterocycles. The first kappa shape index (κ1) is 18.4. The molecule has 0 bridgehead atoms. The number of benzene rings is 1. The van der Waals surface area contributed by atoms with Gasteiger partial charge in [0.1, 0.15) is 16.9 Å². The minimum Gasteiger partial charge on any atom is -0.493 e. The van der Waals surface area contributed by atoms with Crippen molar-refractivity contribution in [1.82, 2.24) is 4.98 Å². The Balaban J connectivity index is 1.39. The van der Waals surface area contributed by atoms with Gasteiger partial charge in [0, 0.05) is 17.7 Å². The van der Waals surface area contributed by atoms with Gasteiger partial charge in [0.25, 0.3) is 0 Å². The summed E-state index contributed by atoms with van der Waals surface area (Å²) in [6.07, 6.45) is 1.60. The summed E-state index contributed by atoms with van der Waals surface area (Å²) in [7, 11) is 0. The molecule has 4 rings (SSSR count). The Morgan fingerprint density at radius 3 is 3.00 bits per heavy atom. The van der Waals surface area contributed by atoms with Crippen molar-refractivity contribution in [3.63, 3.8) is 0 Å². The number of ether oxygens (including phenoxy) is 2. The van der Waals surface area contributed by atoms with E-state index in [-0.39, 0.29) is 29.7 Å². The lowest BCUT2D eigenvalue weighted by molar-refractivity contribution is -0.0811. The van der Waals surface area contributed by atoms with E-state index in [2.05, 4.69) is 4.98 Å². The molecule has 1 aliphatic carbocycles. The second-order valence-electron chi connectivity index (χ2n) is 7.37. The molecular formula is C20H23NO5S. The third kappa shape index (κ3) is 3.85. The van der Waals surface area contributed by atoms with Crippen LogP contribution in [0, 0.1) is 18.8 Å². The number of aromatic carboxylic acids is 1. The SMILES string of the molecule is Cc1cccc(OCC2C(O)CC3OC(c4nc(C(=O)O)cs4)CCC32)c1. The van der Waals surface area contributed by atoms with Crippen LogP contribution in [0.4, 0.5) is 0 Å². The number of aromatic nitrogens is 1. The molecule has 1 saturated carbocycles. The number of aliphatic hydroxyl groups excluding tert-OH is 1. The number of fused-ring (bicyclic) bond motifs is 1.